The van der Waals surface area contributed by atoms with Gasteiger partial charge in [0.25, 0.3) is 0 Å². The van der Waals surface area contributed by atoms with E-state index < -0.39 is 20.5 Å². The van der Waals surface area contributed by atoms with Gasteiger partial charge < -0.3 is 18.0 Å². The lowest BCUT2D eigenvalue weighted by atomic mass is 10.4. The summed E-state index contributed by atoms with van der Waals surface area (Å²) in [5.74, 6) is -0.420. The highest BCUT2D eigenvalue weighted by Gasteiger charge is 2.51. The molecule has 0 aliphatic rings. The maximum atomic E-state index is 11.9. The number of esters is 1. The van der Waals surface area contributed by atoms with Crippen molar-refractivity contribution in [2.45, 2.75) is 46.8 Å². The molecule has 0 aromatic heterocycles. The van der Waals surface area contributed by atoms with Crippen LogP contribution in [0.4, 0.5) is 0 Å². The first kappa shape index (κ1) is 20.0. The molecule has 0 aliphatic carbocycles. The molecule has 5 nitrogen and oxygen atoms in total. The predicted molar refractivity (Wildman–Crippen MR) is 84.8 cm³/mol. The van der Waals surface area contributed by atoms with Crippen molar-refractivity contribution in [2.75, 3.05) is 19.8 Å². The van der Waals surface area contributed by atoms with E-state index in [0.29, 0.717) is 26.2 Å². The van der Waals surface area contributed by atoms with Gasteiger partial charge in [0.05, 0.1) is 0 Å². The zero-order valence-electron chi connectivity index (χ0n) is 13.8. The molecule has 0 amide bonds. The van der Waals surface area contributed by atoms with E-state index in [1.807, 2.05) is 40.7 Å². The van der Waals surface area contributed by atoms with Crippen molar-refractivity contribution >= 4 is 14.8 Å². The lowest BCUT2D eigenvalue weighted by molar-refractivity contribution is -0.143. The van der Waals surface area contributed by atoms with Gasteiger partial charge in [-0.15, -0.1) is 0 Å². The molecule has 0 aromatic rings. The highest BCUT2D eigenvalue weighted by Crippen LogP contribution is 2.21. The largest absolute Gasteiger partial charge is 0.544 e. The van der Waals surface area contributed by atoms with Crippen LogP contribution in [0.5, 0.6) is 0 Å². The molecule has 0 saturated heterocycles. The second-order valence-electron chi connectivity index (χ2n) is 4.12. The van der Waals surface area contributed by atoms with Gasteiger partial charge in [0, 0.05) is 25.9 Å². The Labute approximate surface area is 129 Å². The first-order chi connectivity index (χ1) is 10.1. The Kier molecular flexibility index (Phi) is 11.1. The predicted octanol–water partition coefficient (Wildman–Crippen LogP) is 3.03. The molecule has 6 heteroatoms. The van der Waals surface area contributed by atoms with Crippen LogP contribution in [0.15, 0.2) is 24.3 Å². The molecular formula is C15H28O5Si. The number of carbonyl (C=O) groups is 1. The standard InChI is InChI=1S/C15H28O5Si/c1-6-11-12-13-14(16)20-15(7-2)21(17-8-3,18-9-4)19-10-5/h6,11-13,15H,7-10H2,1-5H3. The molecule has 0 spiro atoms. The SMILES string of the molecule is CC=CC=CC(=O)OC(CC)[Si](OCC)(OCC)OCC. The van der Waals surface area contributed by atoms with Crippen molar-refractivity contribution in [1.82, 2.24) is 0 Å². The molecule has 0 heterocycles. The first-order valence-electron chi connectivity index (χ1n) is 7.51. The monoisotopic (exact) mass is 316 g/mol. The fraction of sp³-hybridized carbons (Fsp3) is 0.667. The lowest BCUT2D eigenvalue weighted by Gasteiger charge is -2.33. The van der Waals surface area contributed by atoms with Crippen molar-refractivity contribution in [2.24, 2.45) is 0 Å². The topological polar surface area (TPSA) is 54.0 Å². The third-order valence-corrected chi connectivity index (χ3v) is 5.98. The number of hydrogen-bond acceptors (Lipinski definition) is 5. The maximum absolute atomic E-state index is 11.9. The van der Waals surface area contributed by atoms with Crippen LogP contribution in [-0.2, 0) is 22.8 Å². The molecule has 21 heavy (non-hydrogen) atoms. The van der Waals surface area contributed by atoms with Crippen LogP contribution in [0, 0.1) is 0 Å². The van der Waals surface area contributed by atoms with E-state index in [1.165, 1.54) is 6.08 Å². The van der Waals surface area contributed by atoms with Crippen molar-refractivity contribution < 1.29 is 22.8 Å². The van der Waals surface area contributed by atoms with Crippen LogP contribution in [0.25, 0.3) is 0 Å². The summed E-state index contributed by atoms with van der Waals surface area (Å²) in [5.41, 5.74) is -0.500. The molecule has 0 saturated carbocycles. The Hall–Kier alpha value is -0.953. The first-order valence-corrected chi connectivity index (χ1v) is 9.32. The van der Waals surface area contributed by atoms with Crippen molar-refractivity contribution in [3.63, 3.8) is 0 Å². The summed E-state index contributed by atoms with van der Waals surface area (Å²) in [5, 5.41) is 0. The molecule has 0 radical (unpaired) electrons. The highest BCUT2D eigenvalue weighted by molar-refractivity contribution is 6.62. The third-order valence-electron chi connectivity index (χ3n) is 2.60. The molecule has 0 aliphatic heterocycles. The van der Waals surface area contributed by atoms with Crippen LogP contribution >= 0.6 is 0 Å². The van der Waals surface area contributed by atoms with Gasteiger partial charge in [-0.25, -0.2) is 4.79 Å². The minimum atomic E-state index is -3.03. The number of hydrogen-bond donors (Lipinski definition) is 0. The Morgan fingerprint density at radius 2 is 1.52 bits per heavy atom. The molecule has 0 N–H and O–H groups in total. The fourth-order valence-electron chi connectivity index (χ4n) is 1.84. The minimum Gasteiger partial charge on any atom is -0.455 e. The second kappa shape index (κ2) is 11.7. The average Bonchev–Trinajstić information content (AvgIpc) is 2.45. The highest BCUT2D eigenvalue weighted by atomic mass is 28.4. The normalized spacial score (nSPS) is 14.0. The molecular weight excluding hydrogens is 288 g/mol. The molecule has 122 valence electrons. The van der Waals surface area contributed by atoms with Crippen molar-refractivity contribution in [1.29, 1.82) is 0 Å². The quantitative estimate of drug-likeness (QED) is 0.254. The van der Waals surface area contributed by atoms with Gasteiger partial charge in [0.1, 0.15) is 0 Å². The number of ether oxygens (including phenoxy) is 1. The zero-order valence-corrected chi connectivity index (χ0v) is 14.8. The Bertz CT molecular complexity index is 324. The Morgan fingerprint density at radius 1 is 1.00 bits per heavy atom. The fourth-order valence-corrected chi connectivity index (χ4v) is 4.61. The second-order valence-corrected chi connectivity index (χ2v) is 6.84. The number of carbonyl (C=O) groups excluding carboxylic acids is 1. The third kappa shape index (κ3) is 7.04. The van der Waals surface area contributed by atoms with Gasteiger partial charge in [-0.1, -0.05) is 25.2 Å². The Morgan fingerprint density at radius 3 is 1.90 bits per heavy atom. The molecule has 0 aromatic carbocycles. The summed E-state index contributed by atoms with van der Waals surface area (Å²) in [6.45, 7) is 10.8. The van der Waals surface area contributed by atoms with Crippen LogP contribution in [-0.4, -0.2) is 40.3 Å². The molecule has 1 atom stereocenters. The molecule has 1 unspecified atom stereocenters. The minimum absolute atomic E-state index is 0.420. The van der Waals surface area contributed by atoms with E-state index >= 15 is 0 Å². The van der Waals surface area contributed by atoms with E-state index in [0.717, 1.165) is 0 Å². The average molecular weight is 316 g/mol. The zero-order chi connectivity index (χ0) is 16.1. The van der Waals surface area contributed by atoms with E-state index in [1.54, 1.807) is 12.2 Å². The summed E-state index contributed by atoms with van der Waals surface area (Å²) in [7, 11) is -3.03. The van der Waals surface area contributed by atoms with Crippen molar-refractivity contribution in [3.05, 3.63) is 24.3 Å². The number of rotatable bonds is 11. The Balaban J connectivity index is 5.06. The van der Waals surface area contributed by atoms with Gasteiger partial charge in [-0.2, -0.15) is 0 Å². The van der Waals surface area contributed by atoms with Crippen LogP contribution in [0.2, 0.25) is 0 Å². The lowest BCUT2D eigenvalue weighted by Crippen LogP contribution is -2.57. The van der Waals surface area contributed by atoms with Gasteiger partial charge in [-0.3, -0.25) is 0 Å². The van der Waals surface area contributed by atoms with Gasteiger partial charge >= 0.3 is 14.8 Å². The van der Waals surface area contributed by atoms with E-state index in [-0.39, 0.29) is 0 Å². The van der Waals surface area contributed by atoms with E-state index in [9.17, 15) is 4.79 Å². The summed E-state index contributed by atoms with van der Waals surface area (Å²) in [6.07, 6.45) is 7.20. The summed E-state index contributed by atoms with van der Waals surface area (Å²) >= 11 is 0. The maximum Gasteiger partial charge on any atom is 0.544 e. The molecule has 0 fully saturated rings. The van der Waals surface area contributed by atoms with Gasteiger partial charge in [0.2, 0.25) is 0 Å². The summed E-state index contributed by atoms with van der Waals surface area (Å²) in [6, 6.07) is 0. The molecule has 0 bridgehead atoms. The smallest absolute Gasteiger partial charge is 0.455 e. The summed E-state index contributed by atoms with van der Waals surface area (Å²) in [4.78, 5) is 11.9. The molecule has 0 rings (SSSR count). The van der Waals surface area contributed by atoms with Crippen molar-refractivity contribution in [3.8, 4) is 0 Å². The van der Waals surface area contributed by atoms with Crippen LogP contribution in [0.1, 0.15) is 41.0 Å². The number of allylic oxidation sites excluding steroid dienone is 3. The van der Waals surface area contributed by atoms with Crippen LogP contribution < -0.4 is 0 Å². The van der Waals surface area contributed by atoms with Crippen LogP contribution in [0.3, 0.4) is 0 Å². The van der Waals surface area contributed by atoms with E-state index in [2.05, 4.69) is 0 Å². The van der Waals surface area contributed by atoms with Gasteiger partial charge in [0.15, 0.2) is 5.73 Å². The summed E-state index contributed by atoms with van der Waals surface area (Å²) < 4.78 is 22.8. The van der Waals surface area contributed by atoms with E-state index in [4.69, 9.17) is 18.0 Å². The van der Waals surface area contributed by atoms with Gasteiger partial charge in [-0.05, 0) is 34.1 Å².